The fourth-order valence-corrected chi connectivity index (χ4v) is 4.53. The number of aromatic nitrogens is 3. The van der Waals surface area contributed by atoms with Crippen molar-refractivity contribution in [1.82, 2.24) is 25.0 Å². The number of rotatable bonds is 5. The van der Waals surface area contributed by atoms with Crippen molar-refractivity contribution in [3.05, 3.63) is 88.2 Å². The van der Waals surface area contributed by atoms with Crippen LogP contribution in [0.2, 0.25) is 0 Å². The number of hydrogen-bond acceptors (Lipinski definition) is 4. The minimum atomic E-state index is -0.498. The predicted molar refractivity (Wildman–Crippen MR) is 129 cm³/mol. The van der Waals surface area contributed by atoms with Crippen molar-refractivity contribution in [2.24, 2.45) is 7.05 Å². The summed E-state index contributed by atoms with van der Waals surface area (Å²) >= 11 is 0. The normalized spacial score (nSPS) is 14.4. The molecule has 0 aliphatic carbocycles. The highest BCUT2D eigenvalue weighted by molar-refractivity contribution is 5.94. The van der Waals surface area contributed by atoms with E-state index in [1.54, 1.807) is 29.2 Å². The summed E-state index contributed by atoms with van der Waals surface area (Å²) in [6.07, 6.45) is 5.14. The van der Waals surface area contributed by atoms with Gasteiger partial charge in [-0.15, -0.1) is 0 Å². The van der Waals surface area contributed by atoms with Gasteiger partial charge in [0.05, 0.1) is 12.2 Å². The molecule has 5 rings (SSSR count). The lowest BCUT2D eigenvalue weighted by atomic mass is 10.0. The van der Waals surface area contributed by atoms with Crippen LogP contribution in [-0.4, -0.2) is 39.4 Å². The van der Waals surface area contributed by atoms with Gasteiger partial charge in [-0.25, -0.2) is 4.39 Å². The van der Waals surface area contributed by atoms with Gasteiger partial charge >= 0.3 is 0 Å². The number of carbonyl (C=O) groups excluding carboxylic acids is 1. The molecule has 2 aromatic carbocycles. The molecule has 1 aliphatic heterocycles. The number of pyridine rings is 1. The van der Waals surface area contributed by atoms with Gasteiger partial charge in [-0.05, 0) is 79.3 Å². The summed E-state index contributed by atoms with van der Waals surface area (Å²) in [4.78, 5) is 25.8. The maximum absolute atomic E-state index is 14.3. The molecule has 3 heterocycles. The Morgan fingerprint density at radius 1 is 1.15 bits per heavy atom. The Morgan fingerprint density at radius 2 is 1.97 bits per heavy atom. The highest BCUT2D eigenvalue weighted by Crippen LogP contribution is 2.22. The van der Waals surface area contributed by atoms with E-state index >= 15 is 0 Å². The number of amides is 1. The summed E-state index contributed by atoms with van der Waals surface area (Å²) in [5, 5.41) is 11.8. The van der Waals surface area contributed by atoms with E-state index in [9.17, 15) is 14.0 Å². The second kappa shape index (κ2) is 9.23. The number of nitrogens with one attached hydrogen (secondary N) is 2. The Balaban J connectivity index is 1.40. The third kappa shape index (κ3) is 4.49. The van der Waals surface area contributed by atoms with Crippen LogP contribution in [0, 0.1) is 5.82 Å². The van der Waals surface area contributed by atoms with Gasteiger partial charge in [-0.1, -0.05) is 6.07 Å². The average molecular weight is 460 g/mol. The predicted octanol–water partition coefficient (Wildman–Crippen LogP) is 3.07. The Morgan fingerprint density at radius 3 is 2.74 bits per heavy atom. The quantitative estimate of drug-likeness (QED) is 0.481. The molecule has 2 N–H and O–H groups in total. The van der Waals surface area contributed by atoms with Crippen LogP contribution in [0.5, 0.6) is 0 Å². The van der Waals surface area contributed by atoms with Gasteiger partial charge in [0.25, 0.3) is 11.5 Å². The summed E-state index contributed by atoms with van der Waals surface area (Å²) in [7, 11) is 1.87. The van der Waals surface area contributed by atoms with Crippen molar-refractivity contribution in [3.63, 3.8) is 0 Å². The fraction of sp³-hybridized carbons (Fsp3) is 0.269. The summed E-state index contributed by atoms with van der Waals surface area (Å²) < 4.78 is 17.7. The lowest BCUT2D eigenvalue weighted by Crippen LogP contribution is -2.42. The molecule has 0 unspecified atom stereocenters. The molecule has 0 spiro atoms. The molecule has 0 atom stereocenters. The Hall–Kier alpha value is -3.78. The molecule has 1 saturated heterocycles. The molecule has 1 amide bonds. The first-order chi connectivity index (χ1) is 16.5. The molecule has 4 aromatic rings. The van der Waals surface area contributed by atoms with E-state index in [0.29, 0.717) is 10.9 Å². The van der Waals surface area contributed by atoms with Crippen molar-refractivity contribution in [3.8, 4) is 11.3 Å². The zero-order chi connectivity index (χ0) is 23.7. The first-order valence-corrected chi connectivity index (χ1v) is 11.4. The molecule has 2 aromatic heterocycles. The monoisotopic (exact) mass is 459 g/mol. The van der Waals surface area contributed by atoms with E-state index in [0.717, 1.165) is 42.6 Å². The average Bonchev–Trinajstić information content (AvgIpc) is 3.27. The molecule has 174 valence electrons. The van der Waals surface area contributed by atoms with Crippen LogP contribution in [-0.2, 0) is 13.6 Å². The molecular weight excluding hydrogens is 433 g/mol. The molecule has 0 bridgehead atoms. The van der Waals surface area contributed by atoms with Gasteiger partial charge in [-0.2, -0.15) is 5.10 Å². The van der Waals surface area contributed by atoms with Gasteiger partial charge in [0.2, 0.25) is 0 Å². The third-order valence-electron chi connectivity index (χ3n) is 6.34. The van der Waals surface area contributed by atoms with Gasteiger partial charge in [-0.3, -0.25) is 14.3 Å². The van der Waals surface area contributed by atoms with E-state index < -0.39 is 5.82 Å². The highest BCUT2D eigenvalue weighted by atomic mass is 19.1. The van der Waals surface area contributed by atoms with Crippen LogP contribution in [0.4, 0.5) is 4.39 Å². The molecule has 0 saturated carbocycles. The number of aryl methyl sites for hydroxylation is 1. The smallest absolute Gasteiger partial charge is 0.258 e. The maximum atomic E-state index is 14.3. The van der Waals surface area contributed by atoms with Crippen molar-refractivity contribution < 1.29 is 9.18 Å². The number of carbonyl (C=O) groups is 1. The molecule has 1 fully saturated rings. The lowest BCUT2D eigenvalue weighted by Gasteiger charge is -2.23. The Kier molecular flexibility index (Phi) is 5.98. The molecule has 34 heavy (non-hydrogen) atoms. The zero-order valence-corrected chi connectivity index (χ0v) is 18.9. The second-order valence-electron chi connectivity index (χ2n) is 8.74. The van der Waals surface area contributed by atoms with Gasteiger partial charge in [0.15, 0.2) is 0 Å². The lowest BCUT2D eigenvalue weighted by molar-refractivity contribution is 0.0929. The number of benzene rings is 2. The second-order valence-corrected chi connectivity index (χ2v) is 8.74. The molecule has 7 nitrogen and oxygen atoms in total. The van der Waals surface area contributed by atoms with Gasteiger partial charge in [0.1, 0.15) is 5.82 Å². The number of hydrogen-bond donors (Lipinski definition) is 2. The van der Waals surface area contributed by atoms with Crippen LogP contribution in [0.15, 0.2) is 65.7 Å². The van der Waals surface area contributed by atoms with Crippen LogP contribution in [0.25, 0.3) is 22.0 Å². The van der Waals surface area contributed by atoms with Gasteiger partial charge in [0, 0.05) is 42.0 Å². The third-order valence-corrected chi connectivity index (χ3v) is 6.34. The topological polar surface area (TPSA) is 81.0 Å². The van der Waals surface area contributed by atoms with E-state index in [1.807, 2.05) is 31.3 Å². The maximum Gasteiger partial charge on any atom is 0.258 e. The SMILES string of the molecule is Cn1nccc1-c1ccc2c(=O)n(Cc3cc(F)cc(C(=O)NC4CCNCC4)c3)ccc2c1. The number of fused-ring (bicyclic) bond motifs is 1. The van der Waals surface area contributed by atoms with Crippen molar-refractivity contribution in [2.75, 3.05) is 13.1 Å². The molecule has 0 radical (unpaired) electrons. The van der Waals surface area contributed by atoms with E-state index in [2.05, 4.69) is 15.7 Å². The van der Waals surface area contributed by atoms with Crippen LogP contribution in [0.3, 0.4) is 0 Å². The zero-order valence-electron chi connectivity index (χ0n) is 18.9. The Labute approximate surface area is 196 Å². The standard InChI is InChI=1S/C26H26FN5O2/c1-31-24(6-10-29-31)19-2-3-23-18(14-19)7-11-32(26(23)34)16-17-12-20(15-21(27)13-17)25(33)30-22-4-8-28-9-5-22/h2-3,6-7,10-15,22,28H,4-5,8-9,16H2,1H3,(H,30,33). The van der Waals surface area contributed by atoms with Crippen molar-refractivity contribution >= 4 is 16.7 Å². The first kappa shape index (κ1) is 22.0. The van der Waals surface area contributed by atoms with Crippen LogP contribution in [0.1, 0.15) is 28.8 Å². The number of halogens is 1. The van der Waals surface area contributed by atoms with E-state index in [1.165, 1.54) is 16.7 Å². The van der Waals surface area contributed by atoms with Crippen LogP contribution >= 0.6 is 0 Å². The summed E-state index contributed by atoms with van der Waals surface area (Å²) in [6.45, 7) is 1.88. The summed E-state index contributed by atoms with van der Waals surface area (Å²) in [6, 6.07) is 13.8. The number of nitrogens with zero attached hydrogens (tertiary/aromatic N) is 3. The largest absolute Gasteiger partial charge is 0.349 e. The van der Waals surface area contributed by atoms with E-state index in [-0.39, 0.29) is 29.6 Å². The fourth-order valence-electron chi connectivity index (χ4n) is 4.53. The van der Waals surface area contributed by atoms with Crippen LogP contribution < -0.4 is 16.2 Å². The summed E-state index contributed by atoms with van der Waals surface area (Å²) in [5.74, 6) is -0.788. The van der Waals surface area contributed by atoms with Crippen molar-refractivity contribution in [1.29, 1.82) is 0 Å². The summed E-state index contributed by atoms with van der Waals surface area (Å²) in [5.41, 5.74) is 2.59. The minimum absolute atomic E-state index is 0.0832. The molecule has 8 heteroatoms. The number of piperidine rings is 1. The van der Waals surface area contributed by atoms with Gasteiger partial charge < -0.3 is 15.2 Å². The minimum Gasteiger partial charge on any atom is -0.349 e. The van der Waals surface area contributed by atoms with Crippen molar-refractivity contribution in [2.45, 2.75) is 25.4 Å². The molecule has 1 aliphatic rings. The van der Waals surface area contributed by atoms with E-state index in [4.69, 9.17) is 0 Å². The Bertz CT molecular complexity index is 1420. The molecular formula is C26H26FN5O2. The highest BCUT2D eigenvalue weighted by Gasteiger charge is 2.17. The first-order valence-electron chi connectivity index (χ1n) is 11.4.